The number of carbonyl (C=O) groups is 1. The molecular formula is C58H70N10O10S2. The average molecular weight is 1130 g/mol. The molecule has 4 aromatic heterocycles. The van der Waals surface area contributed by atoms with Gasteiger partial charge in [0.1, 0.15) is 23.1 Å². The maximum absolute atomic E-state index is 14.8. The van der Waals surface area contributed by atoms with E-state index in [1.165, 1.54) is 22.6 Å². The van der Waals surface area contributed by atoms with Gasteiger partial charge in [-0.2, -0.15) is 4.98 Å². The van der Waals surface area contributed by atoms with Gasteiger partial charge in [0, 0.05) is 98.9 Å². The molecule has 6 aliphatic rings. The van der Waals surface area contributed by atoms with Crippen LogP contribution in [-0.2, 0) is 21.3 Å². The van der Waals surface area contributed by atoms with Gasteiger partial charge in [-0.05, 0) is 154 Å². The lowest BCUT2D eigenvalue weighted by atomic mass is 9.59. The van der Waals surface area contributed by atoms with Gasteiger partial charge in [-0.15, -0.1) is 11.3 Å². The number of pyridine rings is 2. The minimum atomic E-state index is -4.64. The SMILES string of the molecule is COc1cc(CN2CCN(C3CC4(CCN(c5ccc(C(=O)NS(=O)(=O)c6ccc(NCC7CCC(C)(O)CC7)c([N+](=O)[O-])c6)c(N6c7cc8cc[nH]c8nc7O[C@H]7COCC[C@@H]76)c5)CC4)C3)[C@@H](c3ccsc3C)C2)cnc1OC. The zero-order chi connectivity index (χ0) is 55.5. The highest BCUT2D eigenvalue weighted by molar-refractivity contribution is 7.90. The first-order valence-electron chi connectivity index (χ1n) is 27.9. The molecule has 1 amide bonds. The zero-order valence-electron chi connectivity index (χ0n) is 45.7. The van der Waals surface area contributed by atoms with E-state index in [9.17, 15) is 28.4 Å². The number of carbonyl (C=O) groups excluding carboxylic acids is 1. The van der Waals surface area contributed by atoms with Gasteiger partial charge in [-0.1, -0.05) is 0 Å². The number of anilines is 4. The molecule has 2 aliphatic carbocycles. The van der Waals surface area contributed by atoms with Gasteiger partial charge in [0.2, 0.25) is 5.88 Å². The lowest BCUT2D eigenvalue weighted by molar-refractivity contribution is -0.384. The van der Waals surface area contributed by atoms with Gasteiger partial charge in [-0.3, -0.25) is 24.7 Å². The molecule has 20 nitrogen and oxygen atoms in total. The molecule has 80 heavy (non-hydrogen) atoms. The van der Waals surface area contributed by atoms with Crippen LogP contribution in [0, 0.1) is 28.4 Å². The largest absolute Gasteiger partial charge is 0.491 e. The molecule has 424 valence electrons. The Morgan fingerprint density at radius 3 is 2.55 bits per heavy atom. The van der Waals surface area contributed by atoms with E-state index in [2.05, 4.69) is 58.0 Å². The minimum Gasteiger partial charge on any atom is -0.491 e. The number of rotatable bonds is 15. The molecule has 22 heteroatoms. The first kappa shape index (κ1) is 54.0. The van der Waals surface area contributed by atoms with Crippen molar-refractivity contribution in [1.82, 2.24) is 29.5 Å². The van der Waals surface area contributed by atoms with Crippen LogP contribution in [0.25, 0.3) is 11.0 Å². The Morgan fingerprint density at radius 1 is 0.988 bits per heavy atom. The molecule has 2 aromatic carbocycles. The second-order valence-electron chi connectivity index (χ2n) is 23.1. The summed E-state index contributed by atoms with van der Waals surface area (Å²) in [5.74, 6) is 0.779. The van der Waals surface area contributed by atoms with Gasteiger partial charge in [0.15, 0.2) is 5.75 Å². The Hall–Kier alpha value is -6.56. The number of nitrogens with zero attached hydrogens (tertiary/aromatic N) is 7. The van der Waals surface area contributed by atoms with E-state index >= 15 is 0 Å². The molecule has 4 N–H and O–H groups in total. The van der Waals surface area contributed by atoms with E-state index in [-0.39, 0.29) is 34.7 Å². The van der Waals surface area contributed by atoms with Crippen LogP contribution in [0.5, 0.6) is 17.5 Å². The standard InChI is InChI=1S/C58H70N10O10S2/c1-36-43(13-24-79-36)50-34-64(33-38-25-51(75-3)56(76-4)61-32-38)21-22-66(50)41-29-58(30-41)16-19-65(20-17-58)40-5-7-44(47(27-40)67-46-12-23-77-35-52(46)78-55-49(67)26-39-11-18-59-53(39)62-55)54(69)63-80(73,74)42-6-8-45(48(28-42)68(71)72)60-31-37-9-14-57(2,70)15-10-37/h5-8,11,13,18,24-28,32,37,41,46,50,52,60,70H,9-10,12,14-17,19-23,29-31,33-35H2,1-4H3,(H,59,62)(H,63,69)/t37?,46-,50+,52-,57?/m0/s1. The Morgan fingerprint density at radius 2 is 1.80 bits per heavy atom. The number of methoxy groups -OCH3 is 2. The number of aliphatic hydroxyl groups is 1. The van der Waals surface area contributed by atoms with Crippen LogP contribution >= 0.6 is 11.3 Å². The number of thiophene rings is 1. The van der Waals surface area contributed by atoms with Crippen molar-refractivity contribution in [2.75, 3.05) is 81.8 Å². The quantitative estimate of drug-likeness (QED) is 0.0556. The molecule has 6 aromatic rings. The second-order valence-corrected chi connectivity index (χ2v) is 25.9. The van der Waals surface area contributed by atoms with Crippen molar-refractivity contribution in [3.8, 4) is 17.5 Å². The molecule has 8 heterocycles. The predicted octanol–water partition coefficient (Wildman–Crippen LogP) is 8.72. The van der Waals surface area contributed by atoms with Crippen molar-refractivity contribution in [3.63, 3.8) is 0 Å². The number of H-pyrrole nitrogens is 1. The van der Waals surface area contributed by atoms with Crippen LogP contribution in [0.3, 0.4) is 0 Å². The number of hydrogen-bond acceptors (Lipinski definition) is 18. The average Bonchev–Trinajstić information content (AvgIpc) is 4.14. The van der Waals surface area contributed by atoms with E-state index in [0.29, 0.717) is 79.6 Å². The van der Waals surface area contributed by atoms with Crippen molar-refractivity contribution < 1.29 is 42.2 Å². The summed E-state index contributed by atoms with van der Waals surface area (Å²) < 4.78 is 54.3. The minimum absolute atomic E-state index is 0.107. The number of sulfonamides is 1. The highest BCUT2D eigenvalue weighted by Crippen LogP contribution is 2.54. The Kier molecular flexibility index (Phi) is 14.7. The first-order chi connectivity index (χ1) is 38.6. The van der Waals surface area contributed by atoms with Crippen LogP contribution in [0.4, 0.5) is 28.4 Å². The third-order valence-corrected chi connectivity index (χ3v) is 20.2. The number of piperidine rings is 1. The summed E-state index contributed by atoms with van der Waals surface area (Å²) in [7, 11) is -1.40. The number of nitrogens with one attached hydrogen (secondary N) is 3. The van der Waals surface area contributed by atoms with Crippen LogP contribution in [0.1, 0.15) is 97.1 Å². The third-order valence-electron chi connectivity index (χ3n) is 18.0. The van der Waals surface area contributed by atoms with E-state index in [1.807, 2.05) is 61.0 Å². The molecule has 4 aliphatic heterocycles. The summed E-state index contributed by atoms with van der Waals surface area (Å²) >= 11 is 1.81. The third kappa shape index (κ3) is 10.6. The number of aromatic amines is 1. The van der Waals surface area contributed by atoms with Crippen LogP contribution in [-0.4, -0.2) is 140 Å². The van der Waals surface area contributed by atoms with Crippen LogP contribution in [0.15, 0.2) is 83.3 Å². The fraction of sp³-hybridized carbons (Fsp3) is 0.500. The number of fused-ring (bicyclic) bond motifs is 3. The first-order valence-corrected chi connectivity index (χ1v) is 30.2. The van der Waals surface area contributed by atoms with Crippen molar-refractivity contribution in [3.05, 3.63) is 110 Å². The summed E-state index contributed by atoms with van der Waals surface area (Å²) in [6, 6.07) is 17.9. The fourth-order valence-corrected chi connectivity index (χ4v) is 15.2. The molecule has 2 saturated carbocycles. The molecular weight excluding hydrogens is 1060 g/mol. The van der Waals surface area contributed by atoms with Crippen LogP contribution < -0.4 is 34.0 Å². The van der Waals surface area contributed by atoms with Gasteiger partial charge < -0.3 is 44.2 Å². The number of ether oxygens (including phenoxy) is 4. The number of aromatic nitrogens is 3. The number of nitro benzene ring substituents is 1. The zero-order valence-corrected chi connectivity index (χ0v) is 47.3. The molecule has 0 radical (unpaired) electrons. The monoisotopic (exact) mass is 1130 g/mol. The number of amides is 1. The summed E-state index contributed by atoms with van der Waals surface area (Å²) in [5, 5.41) is 29.0. The lowest BCUT2D eigenvalue weighted by Crippen LogP contribution is -2.59. The molecule has 3 atom stereocenters. The molecule has 0 unspecified atom stereocenters. The fourth-order valence-electron chi connectivity index (χ4n) is 13.4. The molecule has 3 saturated heterocycles. The number of hydrogen-bond donors (Lipinski definition) is 4. The second kappa shape index (κ2) is 21.7. The van der Waals surface area contributed by atoms with Crippen molar-refractivity contribution in [1.29, 1.82) is 0 Å². The molecule has 12 rings (SSSR count). The summed E-state index contributed by atoms with van der Waals surface area (Å²) in [4.78, 5) is 49.9. The van der Waals surface area contributed by atoms with E-state index in [0.717, 1.165) is 100 Å². The molecule has 0 bridgehead atoms. The van der Waals surface area contributed by atoms with Gasteiger partial charge in [0.05, 0.1) is 53.5 Å². The highest BCUT2D eigenvalue weighted by atomic mass is 32.2. The lowest BCUT2D eigenvalue weighted by Gasteiger charge is -2.58. The van der Waals surface area contributed by atoms with Crippen molar-refractivity contribution in [2.24, 2.45) is 11.3 Å². The Bertz CT molecular complexity index is 3400. The number of aryl methyl sites for hydroxylation is 1. The maximum atomic E-state index is 14.8. The maximum Gasteiger partial charge on any atom is 0.293 e. The van der Waals surface area contributed by atoms with Crippen molar-refractivity contribution in [2.45, 2.75) is 113 Å². The van der Waals surface area contributed by atoms with Gasteiger partial charge in [0.25, 0.3) is 27.5 Å². The van der Waals surface area contributed by atoms with Crippen LogP contribution in [0.2, 0.25) is 0 Å². The van der Waals surface area contributed by atoms with E-state index in [4.69, 9.17) is 23.9 Å². The number of nitro groups is 1. The summed E-state index contributed by atoms with van der Waals surface area (Å²) in [6.45, 7) is 10.5. The predicted molar refractivity (Wildman–Crippen MR) is 305 cm³/mol. The Labute approximate surface area is 470 Å². The highest BCUT2D eigenvalue weighted by Gasteiger charge is 2.50. The summed E-state index contributed by atoms with van der Waals surface area (Å²) in [5.41, 5.74) is 4.51. The topological polar surface area (TPSA) is 230 Å². The smallest absolute Gasteiger partial charge is 0.293 e. The van der Waals surface area contributed by atoms with Crippen molar-refractivity contribution >= 4 is 66.7 Å². The van der Waals surface area contributed by atoms with E-state index < -0.39 is 43.1 Å². The summed E-state index contributed by atoms with van der Waals surface area (Å²) in [6.07, 6.45) is 10.9. The van der Waals surface area contributed by atoms with Gasteiger partial charge >= 0.3 is 0 Å². The van der Waals surface area contributed by atoms with E-state index in [1.54, 1.807) is 20.3 Å². The Balaban J connectivity index is 0.787. The van der Waals surface area contributed by atoms with Gasteiger partial charge in [-0.25, -0.2) is 18.1 Å². The number of benzene rings is 2. The molecule has 1 spiro atoms. The number of piperazine rings is 1. The molecule has 5 fully saturated rings. The normalized spacial score (nSPS) is 24.4.